The molecule has 5 heteroatoms. The number of rotatable bonds is 3. The van der Waals surface area contributed by atoms with Crippen molar-refractivity contribution in [3.05, 3.63) is 23.9 Å². The number of carbonyl (C=O) groups is 1. The molecule has 2 unspecified atom stereocenters. The Kier molecular flexibility index (Phi) is 4.37. The number of pyridine rings is 1. The van der Waals surface area contributed by atoms with E-state index >= 15 is 0 Å². The third-order valence-electron chi connectivity index (χ3n) is 3.82. The summed E-state index contributed by atoms with van der Waals surface area (Å²) in [6, 6.07) is 3.73. The first-order chi connectivity index (χ1) is 9.19. The number of ether oxygens (including phenoxy) is 1. The maximum atomic E-state index is 11.8. The monoisotopic (exact) mass is 263 g/mol. The first kappa shape index (κ1) is 13.8. The second-order valence-electron chi connectivity index (χ2n) is 4.98. The van der Waals surface area contributed by atoms with Gasteiger partial charge in [0.15, 0.2) is 0 Å². The highest BCUT2D eigenvalue weighted by atomic mass is 16.5. The van der Waals surface area contributed by atoms with Crippen LogP contribution in [0.2, 0.25) is 0 Å². The molecule has 0 radical (unpaired) electrons. The molecule has 1 aromatic rings. The summed E-state index contributed by atoms with van der Waals surface area (Å²) in [5.41, 5.74) is 6.41. The van der Waals surface area contributed by atoms with E-state index in [0.29, 0.717) is 23.8 Å². The number of nitrogens with two attached hydrogens (primary N) is 1. The molecule has 1 aromatic heterocycles. The van der Waals surface area contributed by atoms with Gasteiger partial charge in [-0.3, -0.25) is 0 Å². The summed E-state index contributed by atoms with van der Waals surface area (Å²) in [4.78, 5) is 18.4. The number of carbonyl (C=O) groups excluding carboxylic acids is 1. The summed E-state index contributed by atoms with van der Waals surface area (Å²) in [6.07, 6.45) is 3.96. The maximum Gasteiger partial charge on any atom is 0.341 e. The van der Waals surface area contributed by atoms with E-state index in [1.165, 1.54) is 13.5 Å². The van der Waals surface area contributed by atoms with Crippen LogP contribution in [0, 0.1) is 5.92 Å². The van der Waals surface area contributed by atoms with Gasteiger partial charge in [-0.25, -0.2) is 9.78 Å². The highest BCUT2D eigenvalue weighted by molar-refractivity contribution is 5.94. The van der Waals surface area contributed by atoms with E-state index in [2.05, 4.69) is 16.8 Å². The zero-order chi connectivity index (χ0) is 13.8. The number of aromatic nitrogens is 1. The molecule has 2 N–H and O–H groups in total. The van der Waals surface area contributed by atoms with Gasteiger partial charge in [-0.05, 0) is 30.9 Å². The lowest BCUT2D eigenvalue weighted by Gasteiger charge is -2.40. The summed E-state index contributed by atoms with van der Waals surface area (Å²) >= 11 is 0. The lowest BCUT2D eigenvalue weighted by Crippen LogP contribution is -2.49. The summed E-state index contributed by atoms with van der Waals surface area (Å²) < 4.78 is 4.83. The molecule has 1 saturated heterocycles. The van der Waals surface area contributed by atoms with E-state index in [-0.39, 0.29) is 12.0 Å². The molecule has 0 aromatic carbocycles. The molecule has 2 heterocycles. The largest absolute Gasteiger partial charge is 0.465 e. The van der Waals surface area contributed by atoms with E-state index in [1.807, 2.05) is 0 Å². The molecule has 0 amide bonds. The Hall–Kier alpha value is -1.62. The van der Waals surface area contributed by atoms with Gasteiger partial charge in [0.1, 0.15) is 11.4 Å². The van der Waals surface area contributed by atoms with Crippen LogP contribution in [0.3, 0.4) is 0 Å². The van der Waals surface area contributed by atoms with Crippen molar-refractivity contribution >= 4 is 11.8 Å². The number of piperidine rings is 1. The molecular weight excluding hydrogens is 242 g/mol. The highest BCUT2D eigenvalue weighted by Crippen LogP contribution is 2.29. The summed E-state index contributed by atoms with van der Waals surface area (Å²) in [6.45, 7) is 3.65. The van der Waals surface area contributed by atoms with E-state index in [4.69, 9.17) is 10.5 Å². The Bertz CT molecular complexity index is 450. The molecule has 1 aliphatic rings. The fourth-order valence-electron chi connectivity index (χ4n) is 2.77. The van der Waals surface area contributed by atoms with Crippen LogP contribution in [0.5, 0.6) is 0 Å². The van der Waals surface area contributed by atoms with Gasteiger partial charge < -0.3 is 15.4 Å². The predicted molar refractivity (Wildman–Crippen MR) is 74.2 cm³/mol. The van der Waals surface area contributed by atoms with Crippen molar-refractivity contribution in [2.75, 3.05) is 25.1 Å². The van der Waals surface area contributed by atoms with Gasteiger partial charge in [-0.15, -0.1) is 0 Å². The second kappa shape index (κ2) is 6.02. The minimum absolute atomic E-state index is 0.229. The molecule has 19 heavy (non-hydrogen) atoms. The average molecular weight is 263 g/mol. The van der Waals surface area contributed by atoms with E-state index in [1.54, 1.807) is 18.3 Å². The number of hydrogen-bond donors (Lipinski definition) is 1. The fourth-order valence-corrected chi connectivity index (χ4v) is 2.77. The Morgan fingerprint density at radius 1 is 1.63 bits per heavy atom. The first-order valence-electron chi connectivity index (χ1n) is 6.69. The molecule has 0 aliphatic carbocycles. The van der Waals surface area contributed by atoms with Crippen molar-refractivity contribution in [1.82, 2.24) is 4.98 Å². The number of nitrogens with zero attached hydrogens (tertiary/aromatic N) is 2. The zero-order valence-corrected chi connectivity index (χ0v) is 11.5. The van der Waals surface area contributed by atoms with Gasteiger partial charge in [0, 0.05) is 25.3 Å². The Morgan fingerprint density at radius 3 is 3.11 bits per heavy atom. The summed E-state index contributed by atoms with van der Waals surface area (Å²) in [5.74, 6) is 0.847. The normalized spacial score (nSPS) is 23.2. The minimum Gasteiger partial charge on any atom is -0.465 e. The van der Waals surface area contributed by atoms with Crippen molar-refractivity contribution in [1.29, 1.82) is 0 Å². The van der Waals surface area contributed by atoms with E-state index in [9.17, 15) is 4.79 Å². The van der Waals surface area contributed by atoms with Gasteiger partial charge in [0.05, 0.1) is 7.11 Å². The van der Waals surface area contributed by atoms with E-state index in [0.717, 1.165) is 13.0 Å². The second-order valence-corrected chi connectivity index (χ2v) is 4.98. The molecule has 2 atom stereocenters. The van der Waals surface area contributed by atoms with Crippen molar-refractivity contribution in [3.8, 4) is 0 Å². The molecule has 1 fully saturated rings. The van der Waals surface area contributed by atoms with Gasteiger partial charge in [-0.2, -0.15) is 0 Å². The van der Waals surface area contributed by atoms with Crippen LogP contribution < -0.4 is 10.6 Å². The maximum absolute atomic E-state index is 11.8. The number of anilines is 1. The van der Waals surface area contributed by atoms with Crippen molar-refractivity contribution in [2.24, 2.45) is 11.7 Å². The molecule has 1 aliphatic heterocycles. The third kappa shape index (κ3) is 2.71. The van der Waals surface area contributed by atoms with Crippen LogP contribution in [-0.4, -0.2) is 37.2 Å². The first-order valence-corrected chi connectivity index (χ1v) is 6.69. The van der Waals surface area contributed by atoms with Gasteiger partial charge in [0.2, 0.25) is 0 Å². The standard InChI is InChI=1S/C14H21N3O2/c1-10-5-4-8-17(12(10)9-15)13-11(14(18)19-2)6-3-7-16-13/h3,6-7,10,12H,4-5,8-9,15H2,1-2H3. The van der Waals surface area contributed by atoms with Crippen LogP contribution in [-0.2, 0) is 4.74 Å². The van der Waals surface area contributed by atoms with Gasteiger partial charge in [0.25, 0.3) is 0 Å². The molecule has 104 valence electrons. The predicted octanol–water partition coefficient (Wildman–Crippen LogP) is 1.43. The minimum atomic E-state index is -0.350. The van der Waals surface area contributed by atoms with Gasteiger partial charge in [-0.1, -0.05) is 6.92 Å². The van der Waals surface area contributed by atoms with Crippen LogP contribution in [0.1, 0.15) is 30.1 Å². The Morgan fingerprint density at radius 2 is 2.42 bits per heavy atom. The lowest BCUT2D eigenvalue weighted by molar-refractivity contribution is 0.0600. The fraction of sp³-hybridized carbons (Fsp3) is 0.571. The zero-order valence-electron chi connectivity index (χ0n) is 11.5. The van der Waals surface area contributed by atoms with Crippen molar-refractivity contribution in [2.45, 2.75) is 25.8 Å². The number of esters is 1. The van der Waals surface area contributed by atoms with Crippen molar-refractivity contribution < 1.29 is 9.53 Å². The third-order valence-corrected chi connectivity index (χ3v) is 3.82. The summed E-state index contributed by atoms with van der Waals surface area (Å²) in [5, 5.41) is 0. The Labute approximate surface area is 113 Å². The van der Waals surface area contributed by atoms with Crippen molar-refractivity contribution in [3.63, 3.8) is 0 Å². The van der Waals surface area contributed by atoms with Gasteiger partial charge >= 0.3 is 5.97 Å². The molecule has 2 rings (SSSR count). The van der Waals surface area contributed by atoms with Crippen LogP contribution in [0.15, 0.2) is 18.3 Å². The SMILES string of the molecule is COC(=O)c1cccnc1N1CCCC(C)C1CN. The van der Waals surface area contributed by atoms with Crippen LogP contribution in [0.4, 0.5) is 5.82 Å². The smallest absolute Gasteiger partial charge is 0.341 e. The Balaban J connectivity index is 2.37. The topological polar surface area (TPSA) is 68.5 Å². The lowest BCUT2D eigenvalue weighted by atomic mass is 9.90. The van der Waals surface area contributed by atoms with Crippen LogP contribution >= 0.6 is 0 Å². The molecule has 0 spiro atoms. The van der Waals surface area contributed by atoms with E-state index < -0.39 is 0 Å². The van der Waals surface area contributed by atoms with Crippen LogP contribution in [0.25, 0.3) is 0 Å². The molecule has 0 saturated carbocycles. The average Bonchev–Trinajstić information content (AvgIpc) is 2.46. The summed E-state index contributed by atoms with van der Waals surface area (Å²) in [7, 11) is 1.39. The quantitative estimate of drug-likeness (QED) is 0.836. The molecule has 5 nitrogen and oxygen atoms in total. The number of hydrogen-bond acceptors (Lipinski definition) is 5. The molecule has 0 bridgehead atoms. The molecular formula is C14H21N3O2. The number of methoxy groups -OCH3 is 1. The highest BCUT2D eigenvalue weighted by Gasteiger charge is 2.30.